The molecule has 0 N–H and O–H groups in total. The Hall–Kier alpha value is -2.08. The summed E-state index contributed by atoms with van der Waals surface area (Å²) in [7, 11) is 0. The van der Waals surface area contributed by atoms with Gasteiger partial charge in [-0.1, -0.05) is 92.5 Å². The van der Waals surface area contributed by atoms with E-state index in [9.17, 15) is 4.79 Å². The number of rotatable bonds is 7. The summed E-state index contributed by atoms with van der Waals surface area (Å²) in [4.78, 5) is 16.2. The van der Waals surface area contributed by atoms with E-state index in [1.807, 2.05) is 35.2 Å². The van der Waals surface area contributed by atoms with Crippen LogP contribution in [-0.2, 0) is 17.0 Å². The summed E-state index contributed by atoms with van der Waals surface area (Å²) in [6.07, 6.45) is 4.89. The smallest absolute Gasteiger partial charge is 0.241 e. The van der Waals surface area contributed by atoms with Crippen LogP contribution in [0.2, 0.25) is 0 Å². The molecule has 1 aliphatic heterocycles. The summed E-state index contributed by atoms with van der Waals surface area (Å²) in [5.41, 5.74) is 3.31. The fourth-order valence-corrected chi connectivity index (χ4v) is 5.66. The first kappa shape index (κ1) is 26.0. The largest absolute Gasteiger partial charge is 0.306 e. The molecule has 1 amide bonds. The van der Waals surface area contributed by atoms with Gasteiger partial charge in [-0.05, 0) is 79.6 Å². The molecule has 180 valence electrons. The summed E-state index contributed by atoms with van der Waals surface area (Å²) in [6.45, 7) is 6.30. The Morgan fingerprint density at radius 1 is 0.857 bits per heavy atom. The monoisotopic (exact) mass is 609 g/mol. The number of carbonyl (C=O) groups excluding carboxylic acids is 1. The summed E-state index contributed by atoms with van der Waals surface area (Å²) >= 11 is 8.74. The lowest BCUT2D eigenvalue weighted by molar-refractivity contribution is -0.135. The third-order valence-electron chi connectivity index (χ3n) is 6.01. The lowest BCUT2D eigenvalue weighted by Gasteiger charge is -2.36. The Kier molecular flexibility index (Phi) is 8.09. The van der Waals surface area contributed by atoms with Gasteiger partial charge in [-0.2, -0.15) is 0 Å². The van der Waals surface area contributed by atoms with Crippen molar-refractivity contribution in [2.75, 3.05) is 0 Å². The van der Waals surface area contributed by atoms with Crippen molar-refractivity contribution < 1.29 is 4.79 Å². The van der Waals surface area contributed by atoms with Crippen molar-refractivity contribution >= 4 is 55.2 Å². The molecule has 0 aromatic heterocycles. The quantitative estimate of drug-likeness (QED) is 0.266. The minimum Gasteiger partial charge on any atom is -0.306 e. The zero-order valence-electron chi connectivity index (χ0n) is 20.2. The van der Waals surface area contributed by atoms with Crippen LogP contribution in [0, 0.1) is 5.41 Å². The van der Waals surface area contributed by atoms with Crippen molar-refractivity contribution in [3.05, 3.63) is 122 Å². The Bertz CT molecular complexity index is 1230. The molecule has 0 radical (unpaired) electrons. The van der Waals surface area contributed by atoms with Gasteiger partial charge in [-0.15, -0.1) is 11.8 Å². The van der Waals surface area contributed by atoms with Crippen LogP contribution in [0.4, 0.5) is 0 Å². The maximum atomic E-state index is 14.2. The van der Waals surface area contributed by atoms with Crippen LogP contribution < -0.4 is 0 Å². The lowest BCUT2D eigenvalue weighted by Crippen LogP contribution is -2.46. The molecule has 0 bridgehead atoms. The molecule has 2 nitrogen and oxygen atoms in total. The topological polar surface area (TPSA) is 20.3 Å². The third-order valence-corrected chi connectivity index (χ3v) is 7.90. The Morgan fingerprint density at radius 2 is 1.43 bits per heavy atom. The maximum Gasteiger partial charge on any atom is 0.241 e. The van der Waals surface area contributed by atoms with Crippen molar-refractivity contribution in [3.63, 3.8) is 0 Å². The fraction of sp³-hybridized carbons (Fsp3) is 0.233. The highest BCUT2D eigenvalue weighted by Crippen LogP contribution is 2.45. The van der Waals surface area contributed by atoms with Crippen LogP contribution in [0.3, 0.4) is 0 Å². The molecule has 3 aromatic rings. The average molecular weight is 611 g/mol. The first-order valence-corrected chi connectivity index (χ1v) is 14.2. The second kappa shape index (κ2) is 10.9. The number of thioether (sulfide) groups is 1. The van der Waals surface area contributed by atoms with Crippen LogP contribution in [-0.4, -0.2) is 16.3 Å². The van der Waals surface area contributed by atoms with E-state index in [0.29, 0.717) is 6.42 Å². The van der Waals surface area contributed by atoms with Gasteiger partial charge in [-0.3, -0.25) is 4.79 Å². The molecule has 3 aromatic carbocycles. The van der Waals surface area contributed by atoms with Gasteiger partial charge in [0.05, 0.1) is 5.41 Å². The first-order chi connectivity index (χ1) is 16.7. The van der Waals surface area contributed by atoms with Crippen molar-refractivity contribution in [1.82, 2.24) is 4.90 Å². The number of hydrogen-bond acceptors (Lipinski definition) is 2. The number of amides is 1. The molecule has 0 fully saturated rings. The van der Waals surface area contributed by atoms with E-state index in [1.165, 1.54) is 5.56 Å². The molecule has 1 unspecified atom stereocenters. The number of carbonyl (C=O) groups is 1. The molecule has 35 heavy (non-hydrogen) atoms. The number of benzene rings is 3. The van der Waals surface area contributed by atoms with Gasteiger partial charge in [0.15, 0.2) is 0 Å². The number of hydrogen-bond donors (Lipinski definition) is 0. The molecule has 0 saturated heterocycles. The zero-order chi connectivity index (χ0) is 25.1. The minimum atomic E-state index is -0.751. The molecule has 5 heteroatoms. The average Bonchev–Trinajstić information content (AvgIpc) is 3.12. The van der Waals surface area contributed by atoms with Crippen LogP contribution in [0.25, 0.3) is 5.70 Å². The van der Waals surface area contributed by atoms with Gasteiger partial charge in [0.1, 0.15) is 0 Å². The zero-order valence-corrected chi connectivity index (χ0v) is 24.2. The molecule has 0 aliphatic carbocycles. The first-order valence-electron chi connectivity index (χ1n) is 11.6. The second-order valence-electron chi connectivity index (χ2n) is 9.79. The van der Waals surface area contributed by atoms with E-state index >= 15 is 0 Å². The van der Waals surface area contributed by atoms with Gasteiger partial charge < -0.3 is 4.90 Å². The van der Waals surface area contributed by atoms with Crippen molar-refractivity contribution in [2.24, 2.45) is 5.41 Å². The Morgan fingerprint density at radius 3 is 2.00 bits per heavy atom. The Labute approximate surface area is 229 Å². The van der Waals surface area contributed by atoms with Crippen LogP contribution >= 0.6 is 43.6 Å². The van der Waals surface area contributed by atoms with Crippen LogP contribution in [0.5, 0.6) is 0 Å². The van der Waals surface area contributed by atoms with E-state index in [4.69, 9.17) is 0 Å². The van der Waals surface area contributed by atoms with Crippen LogP contribution in [0.1, 0.15) is 37.5 Å². The summed E-state index contributed by atoms with van der Waals surface area (Å²) < 4.78 is 2.11. The third kappa shape index (κ3) is 6.19. The number of halogens is 2. The summed E-state index contributed by atoms with van der Waals surface area (Å²) in [6, 6.07) is 26.9. The maximum absolute atomic E-state index is 14.2. The molecule has 0 saturated carbocycles. The molecule has 1 heterocycles. The van der Waals surface area contributed by atoms with E-state index in [-0.39, 0.29) is 11.4 Å². The van der Waals surface area contributed by atoms with Gasteiger partial charge in [-0.25, -0.2) is 0 Å². The SMILES string of the molecule is CC(C)(C)N1C(=O)C(/C=C\SCc2ccc(Br)cc2)(Cc2ccc(Br)cc2)C=C1c1ccccc1. The van der Waals surface area contributed by atoms with Gasteiger partial charge >= 0.3 is 0 Å². The fourth-order valence-electron chi connectivity index (χ4n) is 4.31. The van der Waals surface area contributed by atoms with Gasteiger partial charge in [0, 0.05) is 25.9 Å². The van der Waals surface area contributed by atoms with E-state index in [2.05, 4.69) is 119 Å². The highest BCUT2D eigenvalue weighted by Gasteiger charge is 2.48. The molecule has 0 spiro atoms. The standard InChI is InChI=1S/C30H29Br2NOS/c1-29(2,3)33-27(24-7-5-4-6-8-24)20-30(28(33)34,19-22-9-13-25(31)14-10-22)17-18-35-21-23-11-15-26(32)16-12-23/h4-18,20H,19,21H2,1-3H3/b18-17-. The Balaban J connectivity index is 1.72. The molecular formula is C30H29Br2NOS. The van der Waals surface area contributed by atoms with Gasteiger partial charge in [0.25, 0.3) is 0 Å². The van der Waals surface area contributed by atoms with Gasteiger partial charge in [0.2, 0.25) is 5.91 Å². The van der Waals surface area contributed by atoms with Crippen molar-refractivity contribution in [2.45, 2.75) is 38.5 Å². The molecule has 1 aliphatic rings. The summed E-state index contributed by atoms with van der Waals surface area (Å²) in [5.74, 6) is 0.970. The van der Waals surface area contributed by atoms with Crippen LogP contribution in [0.15, 0.2) is 105 Å². The predicted octanol–water partition coefficient (Wildman–Crippen LogP) is 8.87. The normalized spacial score (nSPS) is 18.4. The predicted molar refractivity (Wildman–Crippen MR) is 156 cm³/mol. The summed E-state index contributed by atoms with van der Waals surface area (Å²) in [5, 5.41) is 2.10. The van der Waals surface area contributed by atoms with E-state index in [0.717, 1.165) is 31.5 Å². The minimum absolute atomic E-state index is 0.118. The van der Waals surface area contributed by atoms with E-state index in [1.54, 1.807) is 11.8 Å². The van der Waals surface area contributed by atoms with E-state index < -0.39 is 5.41 Å². The lowest BCUT2D eigenvalue weighted by atomic mass is 9.81. The number of nitrogens with zero attached hydrogens (tertiary/aromatic N) is 1. The molecule has 4 rings (SSSR count). The molecule has 1 atom stereocenters. The molecular weight excluding hydrogens is 582 g/mol. The van der Waals surface area contributed by atoms with Crippen molar-refractivity contribution in [1.29, 1.82) is 0 Å². The second-order valence-corrected chi connectivity index (χ2v) is 12.5. The van der Waals surface area contributed by atoms with Crippen molar-refractivity contribution in [3.8, 4) is 0 Å². The highest BCUT2D eigenvalue weighted by molar-refractivity contribution is 9.10. The highest BCUT2D eigenvalue weighted by atomic mass is 79.9.